The summed E-state index contributed by atoms with van der Waals surface area (Å²) in [6.07, 6.45) is 0.524. The van der Waals surface area contributed by atoms with Crippen molar-refractivity contribution in [2.45, 2.75) is 18.3 Å². The molecule has 1 aliphatic rings. The highest BCUT2D eigenvalue weighted by atomic mass is 32.2. The lowest BCUT2D eigenvalue weighted by Crippen LogP contribution is -2.52. The molecule has 0 bridgehead atoms. The normalized spacial score (nSPS) is 19.3. The maximum atomic E-state index is 12.2. The number of sulfone groups is 1. The van der Waals surface area contributed by atoms with Crippen molar-refractivity contribution >= 4 is 15.7 Å². The van der Waals surface area contributed by atoms with Crippen molar-refractivity contribution in [1.82, 2.24) is 9.80 Å². The second-order valence-corrected chi connectivity index (χ2v) is 8.39. The first-order valence-corrected chi connectivity index (χ1v) is 9.67. The molecule has 1 aliphatic heterocycles. The molecule has 1 aromatic rings. The first-order valence-electron chi connectivity index (χ1n) is 7.72. The van der Waals surface area contributed by atoms with Crippen LogP contribution in [0.15, 0.2) is 30.3 Å². The molecular formula is C16H24N2O4S. The predicted octanol–water partition coefficient (Wildman–Crippen LogP) is 0.297. The number of hydrogen-bond donors (Lipinski definition) is 1. The molecule has 128 valence electrons. The number of aliphatic hydroxyl groups excluding tert-OH is 1. The fraction of sp³-hybridized carbons (Fsp3) is 0.562. The van der Waals surface area contributed by atoms with E-state index in [0.29, 0.717) is 32.7 Å². The van der Waals surface area contributed by atoms with Crippen LogP contribution in [-0.4, -0.2) is 73.5 Å². The van der Waals surface area contributed by atoms with Gasteiger partial charge in [0.05, 0.1) is 6.10 Å². The Morgan fingerprint density at radius 2 is 1.74 bits per heavy atom. The molecule has 1 saturated heterocycles. The molecule has 1 fully saturated rings. The standard InChI is InChI=1S/C16H24N2O4S/c1-13(23(2,21)22)16(20)18-10-8-17(9-11-18)12-15(19)14-6-4-3-5-7-14/h3-7,13,15,19H,8-12H2,1-2H3/t13-,15+/m1/s1. The van der Waals surface area contributed by atoms with Gasteiger partial charge in [-0.05, 0) is 12.5 Å². The summed E-state index contributed by atoms with van der Waals surface area (Å²) in [5, 5.41) is 9.24. The minimum absolute atomic E-state index is 0.337. The quantitative estimate of drug-likeness (QED) is 0.834. The van der Waals surface area contributed by atoms with Crippen LogP contribution in [0, 0.1) is 0 Å². The van der Waals surface area contributed by atoms with Gasteiger partial charge in [0, 0.05) is 39.0 Å². The fourth-order valence-corrected chi connectivity index (χ4v) is 3.13. The second kappa shape index (κ2) is 7.42. The number of hydrogen-bond acceptors (Lipinski definition) is 5. The Morgan fingerprint density at radius 3 is 2.26 bits per heavy atom. The van der Waals surface area contributed by atoms with E-state index >= 15 is 0 Å². The van der Waals surface area contributed by atoms with E-state index < -0.39 is 21.2 Å². The van der Waals surface area contributed by atoms with Gasteiger partial charge in [-0.25, -0.2) is 8.42 Å². The molecule has 7 heteroatoms. The molecule has 0 spiro atoms. The lowest BCUT2D eigenvalue weighted by atomic mass is 10.1. The minimum Gasteiger partial charge on any atom is -0.387 e. The number of piperazine rings is 1. The summed E-state index contributed by atoms with van der Waals surface area (Å²) < 4.78 is 23.0. The first kappa shape index (κ1) is 17.9. The van der Waals surface area contributed by atoms with E-state index in [1.165, 1.54) is 6.92 Å². The number of amides is 1. The SMILES string of the molecule is C[C@H](C(=O)N1CCN(C[C@H](O)c2ccccc2)CC1)S(C)(=O)=O. The molecule has 23 heavy (non-hydrogen) atoms. The highest BCUT2D eigenvalue weighted by Gasteiger charge is 2.30. The summed E-state index contributed by atoms with van der Waals surface area (Å²) >= 11 is 0. The molecule has 0 radical (unpaired) electrons. The van der Waals surface area contributed by atoms with Crippen molar-refractivity contribution in [2.75, 3.05) is 39.0 Å². The number of rotatable bonds is 5. The lowest BCUT2D eigenvalue weighted by Gasteiger charge is -2.36. The number of β-amino-alcohol motifs (C(OH)–C–C–N with tert-alkyl or cyclic N) is 1. The third-order valence-corrected chi connectivity index (χ3v) is 5.78. The molecule has 2 atom stereocenters. The number of benzene rings is 1. The van der Waals surface area contributed by atoms with Crippen LogP contribution >= 0.6 is 0 Å². The van der Waals surface area contributed by atoms with E-state index in [0.717, 1.165) is 11.8 Å². The lowest BCUT2D eigenvalue weighted by molar-refractivity contribution is -0.132. The Morgan fingerprint density at radius 1 is 1.17 bits per heavy atom. The zero-order valence-electron chi connectivity index (χ0n) is 13.6. The van der Waals surface area contributed by atoms with E-state index in [9.17, 15) is 18.3 Å². The van der Waals surface area contributed by atoms with E-state index in [1.807, 2.05) is 30.3 Å². The molecular weight excluding hydrogens is 316 g/mol. The summed E-state index contributed by atoms with van der Waals surface area (Å²) in [6.45, 7) is 4.18. The average molecular weight is 340 g/mol. The first-order chi connectivity index (χ1) is 10.8. The summed E-state index contributed by atoms with van der Waals surface area (Å²) in [7, 11) is -3.36. The van der Waals surface area contributed by atoms with Crippen LogP contribution < -0.4 is 0 Å². The van der Waals surface area contributed by atoms with E-state index in [4.69, 9.17) is 0 Å². The Labute approximate surface area is 137 Å². The van der Waals surface area contributed by atoms with Crippen molar-refractivity contribution in [3.8, 4) is 0 Å². The predicted molar refractivity (Wildman–Crippen MR) is 88.7 cm³/mol. The third-order valence-electron chi connectivity index (χ3n) is 4.29. The zero-order valence-corrected chi connectivity index (χ0v) is 14.4. The van der Waals surface area contributed by atoms with Crippen molar-refractivity contribution in [1.29, 1.82) is 0 Å². The maximum Gasteiger partial charge on any atom is 0.240 e. The number of nitrogens with zero attached hydrogens (tertiary/aromatic N) is 2. The Kier molecular flexibility index (Phi) is 5.78. The van der Waals surface area contributed by atoms with Gasteiger partial charge < -0.3 is 10.0 Å². The third kappa shape index (κ3) is 4.76. The van der Waals surface area contributed by atoms with Crippen molar-refractivity contribution in [3.05, 3.63) is 35.9 Å². The minimum atomic E-state index is -3.36. The Hall–Kier alpha value is -1.44. The van der Waals surface area contributed by atoms with Crippen LogP contribution in [0.1, 0.15) is 18.6 Å². The van der Waals surface area contributed by atoms with E-state index in [-0.39, 0.29) is 5.91 Å². The topological polar surface area (TPSA) is 77.9 Å². The summed E-state index contributed by atoms with van der Waals surface area (Å²) in [4.78, 5) is 15.9. The highest BCUT2D eigenvalue weighted by molar-refractivity contribution is 7.92. The van der Waals surface area contributed by atoms with Gasteiger partial charge in [0.1, 0.15) is 5.25 Å². The molecule has 1 heterocycles. The summed E-state index contributed by atoms with van der Waals surface area (Å²) in [6, 6.07) is 9.46. The van der Waals surface area contributed by atoms with E-state index in [1.54, 1.807) is 4.90 Å². The van der Waals surface area contributed by atoms with Gasteiger partial charge >= 0.3 is 0 Å². The summed E-state index contributed by atoms with van der Waals surface area (Å²) in [5.74, 6) is -0.337. The average Bonchev–Trinajstić information content (AvgIpc) is 2.54. The van der Waals surface area contributed by atoms with Crippen LogP contribution in [0.4, 0.5) is 0 Å². The van der Waals surface area contributed by atoms with Gasteiger partial charge in [-0.3, -0.25) is 9.69 Å². The summed E-state index contributed by atoms with van der Waals surface area (Å²) in [5.41, 5.74) is 0.872. The van der Waals surface area contributed by atoms with Gasteiger partial charge in [0.15, 0.2) is 9.84 Å². The monoisotopic (exact) mass is 340 g/mol. The van der Waals surface area contributed by atoms with Crippen LogP contribution in [-0.2, 0) is 14.6 Å². The van der Waals surface area contributed by atoms with Crippen LogP contribution in [0.5, 0.6) is 0 Å². The maximum absolute atomic E-state index is 12.2. The van der Waals surface area contributed by atoms with Crippen LogP contribution in [0.25, 0.3) is 0 Å². The van der Waals surface area contributed by atoms with Crippen LogP contribution in [0.2, 0.25) is 0 Å². The Balaban J connectivity index is 1.86. The van der Waals surface area contributed by atoms with Gasteiger partial charge in [0.2, 0.25) is 5.91 Å². The molecule has 0 aromatic heterocycles. The number of carbonyl (C=O) groups is 1. The number of aliphatic hydroxyl groups is 1. The van der Waals surface area contributed by atoms with Gasteiger partial charge in [-0.15, -0.1) is 0 Å². The largest absolute Gasteiger partial charge is 0.387 e. The van der Waals surface area contributed by atoms with Gasteiger partial charge in [0.25, 0.3) is 0 Å². The highest BCUT2D eigenvalue weighted by Crippen LogP contribution is 2.15. The smallest absolute Gasteiger partial charge is 0.240 e. The molecule has 0 unspecified atom stereocenters. The zero-order chi connectivity index (χ0) is 17.0. The Bertz CT molecular complexity index is 625. The molecule has 0 aliphatic carbocycles. The molecule has 6 nitrogen and oxygen atoms in total. The van der Waals surface area contributed by atoms with Gasteiger partial charge in [-0.2, -0.15) is 0 Å². The fourth-order valence-electron chi connectivity index (χ4n) is 2.62. The van der Waals surface area contributed by atoms with Gasteiger partial charge in [-0.1, -0.05) is 30.3 Å². The molecule has 0 saturated carbocycles. The molecule has 1 N–H and O–H groups in total. The molecule has 1 aromatic carbocycles. The van der Waals surface area contributed by atoms with Crippen LogP contribution in [0.3, 0.4) is 0 Å². The van der Waals surface area contributed by atoms with E-state index in [2.05, 4.69) is 4.90 Å². The number of carbonyl (C=O) groups excluding carboxylic acids is 1. The van der Waals surface area contributed by atoms with Crippen molar-refractivity contribution in [3.63, 3.8) is 0 Å². The second-order valence-electron chi connectivity index (χ2n) is 6.02. The molecule has 2 rings (SSSR count). The van der Waals surface area contributed by atoms with Crippen molar-refractivity contribution in [2.24, 2.45) is 0 Å². The van der Waals surface area contributed by atoms with Crippen molar-refractivity contribution < 1.29 is 18.3 Å². The molecule has 1 amide bonds.